The van der Waals surface area contributed by atoms with Crippen molar-refractivity contribution in [3.8, 4) is 0 Å². The van der Waals surface area contributed by atoms with Crippen LogP contribution in [0.3, 0.4) is 0 Å². The molecule has 1 saturated heterocycles. The number of anilines is 1. The van der Waals surface area contributed by atoms with Crippen molar-refractivity contribution < 1.29 is 0 Å². The van der Waals surface area contributed by atoms with E-state index in [9.17, 15) is 0 Å². The molecule has 6 nitrogen and oxygen atoms in total. The minimum atomic E-state index is 0.469. The summed E-state index contributed by atoms with van der Waals surface area (Å²) in [6.07, 6.45) is 7.84. The van der Waals surface area contributed by atoms with Crippen LogP contribution < -0.4 is 10.2 Å². The first-order valence-electron chi connectivity index (χ1n) is 7.07. The van der Waals surface area contributed by atoms with Crippen molar-refractivity contribution in [2.45, 2.75) is 32.4 Å². The number of hydrogen-bond acceptors (Lipinski definition) is 5. The Balaban J connectivity index is 1.55. The van der Waals surface area contributed by atoms with Crippen molar-refractivity contribution in [2.24, 2.45) is 0 Å². The van der Waals surface area contributed by atoms with Crippen LogP contribution in [0.1, 0.15) is 24.4 Å². The molecule has 1 aliphatic rings. The van der Waals surface area contributed by atoms with Gasteiger partial charge in [0.05, 0.1) is 0 Å². The van der Waals surface area contributed by atoms with Crippen molar-refractivity contribution in [3.63, 3.8) is 0 Å². The van der Waals surface area contributed by atoms with E-state index >= 15 is 0 Å². The summed E-state index contributed by atoms with van der Waals surface area (Å²) >= 11 is 0. The highest BCUT2D eigenvalue weighted by Crippen LogP contribution is 2.15. The quantitative estimate of drug-likeness (QED) is 0.877. The smallest absolute Gasteiger partial charge is 0.225 e. The van der Waals surface area contributed by atoms with Gasteiger partial charge in [0.25, 0.3) is 0 Å². The number of aromatic amines is 1. The third-order valence-corrected chi connectivity index (χ3v) is 3.59. The number of nitrogens with one attached hydrogen (secondary N) is 2. The fourth-order valence-corrected chi connectivity index (χ4v) is 2.60. The standard InChI is InChI=1S/C14H20N6/c1-11-17-8-13(19-11)9-18-12-4-2-7-20(10-12)14-15-5-3-6-16-14/h3,5-6,8,12,18H,2,4,7,9-10H2,1H3,(H,17,19). The van der Waals surface area contributed by atoms with Crippen LogP contribution in [0, 0.1) is 6.92 Å². The summed E-state index contributed by atoms with van der Waals surface area (Å²) in [7, 11) is 0. The highest BCUT2D eigenvalue weighted by Gasteiger charge is 2.21. The molecule has 3 rings (SSSR count). The maximum atomic E-state index is 4.33. The largest absolute Gasteiger partial charge is 0.345 e. The molecular formula is C14H20N6. The van der Waals surface area contributed by atoms with Gasteiger partial charge in [-0.15, -0.1) is 0 Å². The summed E-state index contributed by atoms with van der Waals surface area (Å²) in [4.78, 5) is 18.4. The van der Waals surface area contributed by atoms with Crippen LogP contribution in [0.25, 0.3) is 0 Å². The van der Waals surface area contributed by atoms with Gasteiger partial charge in [-0.3, -0.25) is 0 Å². The second kappa shape index (κ2) is 6.00. The first-order chi connectivity index (χ1) is 9.81. The Kier molecular flexibility index (Phi) is 3.92. The average molecular weight is 272 g/mol. The number of rotatable bonds is 4. The monoisotopic (exact) mass is 272 g/mol. The highest BCUT2D eigenvalue weighted by atomic mass is 15.3. The van der Waals surface area contributed by atoms with Crippen molar-refractivity contribution in [1.29, 1.82) is 0 Å². The molecule has 0 aromatic carbocycles. The molecule has 0 spiro atoms. The molecule has 1 unspecified atom stereocenters. The summed E-state index contributed by atoms with van der Waals surface area (Å²) in [6.45, 7) is 4.79. The minimum absolute atomic E-state index is 0.469. The Morgan fingerprint density at radius 3 is 2.95 bits per heavy atom. The average Bonchev–Trinajstić information content (AvgIpc) is 2.92. The lowest BCUT2D eigenvalue weighted by Crippen LogP contribution is -2.46. The SMILES string of the molecule is Cc1ncc(CNC2CCCN(c3ncccn3)C2)[nH]1. The van der Waals surface area contributed by atoms with Gasteiger partial charge in [0.1, 0.15) is 5.82 Å². The van der Waals surface area contributed by atoms with Crippen molar-refractivity contribution in [2.75, 3.05) is 18.0 Å². The first-order valence-corrected chi connectivity index (χ1v) is 7.07. The van der Waals surface area contributed by atoms with Crippen molar-refractivity contribution in [1.82, 2.24) is 25.3 Å². The predicted molar refractivity (Wildman–Crippen MR) is 77.4 cm³/mol. The van der Waals surface area contributed by atoms with E-state index in [1.165, 1.54) is 6.42 Å². The molecule has 2 aromatic heterocycles. The lowest BCUT2D eigenvalue weighted by Gasteiger charge is -2.33. The van der Waals surface area contributed by atoms with Gasteiger partial charge in [0.2, 0.25) is 5.95 Å². The topological polar surface area (TPSA) is 69.7 Å². The molecule has 1 atom stereocenters. The molecular weight excluding hydrogens is 252 g/mol. The lowest BCUT2D eigenvalue weighted by molar-refractivity contribution is 0.416. The van der Waals surface area contributed by atoms with Crippen LogP contribution in [0.2, 0.25) is 0 Å². The predicted octanol–water partition coefficient (Wildman–Crippen LogP) is 1.27. The zero-order chi connectivity index (χ0) is 13.8. The number of imidazole rings is 1. The fraction of sp³-hybridized carbons (Fsp3) is 0.500. The van der Waals surface area contributed by atoms with Gasteiger partial charge < -0.3 is 15.2 Å². The summed E-state index contributed by atoms with van der Waals surface area (Å²) in [6, 6.07) is 2.32. The van der Waals surface area contributed by atoms with Gasteiger partial charge in [-0.05, 0) is 25.8 Å². The molecule has 1 aliphatic heterocycles. The number of nitrogens with zero attached hydrogens (tertiary/aromatic N) is 4. The molecule has 3 heterocycles. The molecule has 0 aliphatic carbocycles. The van der Waals surface area contributed by atoms with Gasteiger partial charge in [-0.25, -0.2) is 15.0 Å². The van der Waals surface area contributed by atoms with Gasteiger partial charge >= 0.3 is 0 Å². The van der Waals surface area contributed by atoms with E-state index < -0.39 is 0 Å². The molecule has 0 amide bonds. The van der Waals surface area contributed by atoms with Gasteiger partial charge in [0, 0.05) is 50.0 Å². The Hall–Kier alpha value is -1.95. The third-order valence-electron chi connectivity index (χ3n) is 3.59. The van der Waals surface area contributed by atoms with Crippen LogP contribution >= 0.6 is 0 Å². The second-order valence-corrected chi connectivity index (χ2v) is 5.21. The maximum Gasteiger partial charge on any atom is 0.225 e. The third kappa shape index (κ3) is 3.14. The van der Waals surface area contributed by atoms with E-state index in [0.717, 1.165) is 43.5 Å². The Morgan fingerprint density at radius 1 is 1.35 bits per heavy atom. The molecule has 0 radical (unpaired) electrons. The normalized spacial score (nSPS) is 19.2. The summed E-state index contributed by atoms with van der Waals surface area (Å²) in [5.41, 5.74) is 1.13. The number of hydrogen-bond donors (Lipinski definition) is 2. The zero-order valence-corrected chi connectivity index (χ0v) is 11.7. The Morgan fingerprint density at radius 2 is 2.20 bits per heavy atom. The number of piperidine rings is 1. The van der Waals surface area contributed by atoms with E-state index in [0.29, 0.717) is 6.04 Å². The van der Waals surface area contributed by atoms with Crippen molar-refractivity contribution in [3.05, 3.63) is 36.2 Å². The molecule has 1 fully saturated rings. The summed E-state index contributed by atoms with van der Waals surface area (Å²) < 4.78 is 0. The molecule has 0 saturated carbocycles. The fourth-order valence-electron chi connectivity index (χ4n) is 2.60. The van der Waals surface area contributed by atoms with E-state index in [1.54, 1.807) is 12.4 Å². The van der Waals surface area contributed by atoms with E-state index in [-0.39, 0.29) is 0 Å². The molecule has 6 heteroatoms. The van der Waals surface area contributed by atoms with Gasteiger partial charge in [-0.1, -0.05) is 0 Å². The lowest BCUT2D eigenvalue weighted by atomic mass is 10.1. The van der Waals surface area contributed by atoms with E-state index in [1.807, 2.05) is 19.2 Å². The molecule has 20 heavy (non-hydrogen) atoms. The minimum Gasteiger partial charge on any atom is -0.345 e. The van der Waals surface area contributed by atoms with Crippen LogP contribution in [-0.2, 0) is 6.54 Å². The Labute approximate surface area is 118 Å². The molecule has 2 aromatic rings. The number of aromatic nitrogens is 4. The van der Waals surface area contributed by atoms with Crippen LogP contribution in [0.4, 0.5) is 5.95 Å². The molecule has 2 N–H and O–H groups in total. The van der Waals surface area contributed by atoms with Crippen LogP contribution in [0.15, 0.2) is 24.7 Å². The van der Waals surface area contributed by atoms with Gasteiger partial charge in [0.15, 0.2) is 0 Å². The second-order valence-electron chi connectivity index (χ2n) is 5.21. The van der Waals surface area contributed by atoms with E-state index in [4.69, 9.17) is 0 Å². The maximum absolute atomic E-state index is 4.33. The van der Waals surface area contributed by atoms with Crippen LogP contribution in [-0.4, -0.2) is 39.1 Å². The molecule has 0 bridgehead atoms. The number of aryl methyl sites for hydroxylation is 1. The zero-order valence-electron chi connectivity index (χ0n) is 11.7. The first kappa shape index (κ1) is 13.1. The van der Waals surface area contributed by atoms with Crippen molar-refractivity contribution >= 4 is 5.95 Å². The van der Waals surface area contributed by atoms with E-state index in [2.05, 4.69) is 30.2 Å². The summed E-state index contributed by atoms with van der Waals surface area (Å²) in [5, 5.41) is 3.58. The Bertz CT molecular complexity index is 538. The van der Waals surface area contributed by atoms with Crippen LogP contribution in [0.5, 0.6) is 0 Å². The molecule has 106 valence electrons. The number of H-pyrrole nitrogens is 1. The highest BCUT2D eigenvalue weighted by molar-refractivity contribution is 5.29. The summed E-state index contributed by atoms with van der Waals surface area (Å²) in [5.74, 6) is 1.79. The van der Waals surface area contributed by atoms with Gasteiger partial charge in [-0.2, -0.15) is 0 Å².